The molecule has 2 rings (SSSR count). The van der Waals surface area contributed by atoms with Crippen molar-refractivity contribution in [1.29, 1.82) is 0 Å². The Bertz CT molecular complexity index is 521. The Kier molecular flexibility index (Phi) is 3.81. The SMILES string of the molecule is Cc1cccn2nc(NC(CO)CC(C)C)nc12. The number of rotatable bonds is 5. The van der Waals surface area contributed by atoms with Crippen molar-refractivity contribution < 1.29 is 5.11 Å². The number of fused-ring (bicyclic) bond motifs is 1. The van der Waals surface area contributed by atoms with E-state index in [0.717, 1.165) is 17.6 Å². The van der Waals surface area contributed by atoms with Gasteiger partial charge >= 0.3 is 0 Å². The second-order valence-corrected chi connectivity index (χ2v) is 5.05. The van der Waals surface area contributed by atoms with Gasteiger partial charge in [-0.1, -0.05) is 19.9 Å². The molecule has 0 amide bonds. The molecule has 1 atom stereocenters. The van der Waals surface area contributed by atoms with E-state index in [1.165, 1.54) is 0 Å². The van der Waals surface area contributed by atoms with Crippen LogP contribution in [0, 0.1) is 12.8 Å². The minimum atomic E-state index is 0.00252. The molecular formula is C13H20N4O. The van der Waals surface area contributed by atoms with E-state index in [2.05, 4.69) is 29.2 Å². The Balaban J connectivity index is 2.18. The number of anilines is 1. The van der Waals surface area contributed by atoms with Crippen LogP contribution in [0.3, 0.4) is 0 Å². The van der Waals surface area contributed by atoms with E-state index in [0.29, 0.717) is 11.9 Å². The number of nitrogens with one attached hydrogen (secondary N) is 1. The van der Waals surface area contributed by atoms with Gasteiger partial charge in [0.2, 0.25) is 5.95 Å². The van der Waals surface area contributed by atoms with Gasteiger partial charge in [0.05, 0.1) is 12.6 Å². The van der Waals surface area contributed by atoms with Crippen LogP contribution in [-0.4, -0.2) is 32.4 Å². The molecule has 0 radical (unpaired) electrons. The van der Waals surface area contributed by atoms with Crippen LogP contribution in [-0.2, 0) is 0 Å². The summed E-state index contributed by atoms with van der Waals surface area (Å²) >= 11 is 0. The number of aryl methyl sites for hydroxylation is 1. The number of hydrogen-bond acceptors (Lipinski definition) is 4. The summed E-state index contributed by atoms with van der Waals surface area (Å²) in [6.07, 6.45) is 2.77. The first-order valence-corrected chi connectivity index (χ1v) is 6.29. The maximum Gasteiger partial charge on any atom is 0.243 e. The van der Waals surface area contributed by atoms with Crippen molar-refractivity contribution in [2.75, 3.05) is 11.9 Å². The third-order valence-electron chi connectivity index (χ3n) is 2.87. The number of aliphatic hydroxyl groups excluding tert-OH is 1. The van der Waals surface area contributed by atoms with Crippen LogP contribution in [0.25, 0.3) is 5.65 Å². The van der Waals surface area contributed by atoms with Gasteiger partial charge in [0.1, 0.15) is 0 Å². The van der Waals surface area contributed by atoms with Crippen LogP contribution in [0.4, 0.5) is 5.95 Å². The largest absolute Gasteiger partial charge is 0.394 e. The molecule has 18 heavy (non-hydrogen) atoms. The third kappa shape index (κ3) is 2.79. The first kappa shape index (κ1) is 12.8. The molecule has 0 aliphatic carbocycles. The summed E-state index contributed by atoms with van der Waals surface area (Å²) in [5.41, 5.74) is 1.93. The lowest BCUT2D eigenvalue weighted by molar-refractivity contribution is 0.259. The van der Waals surface area contributed by atoms with Gasteiger partial charge in [-0.3, -0.25) is 0 Å². The van der Waals surface area contributed by atoms with Gasteiger partial charge < -0.3 is 10.4 Å². The summed E-state index contributed by atoms with van der Waals surface area (Å²) in [7, 11) is 0. The van der Waals surface area contributed by atoms with E-state index in [4.69, 9.17) is 0 Å². The molecule has 0 bridgehead atoms. The van der Waals surface area contributed by atoms with Crippen molar-refractivity contribution >= 4 is 11.6 Å². The fourth-order valence-corrected chi connectivity index (χ4v) is 2.03. The van der Waals surface area contributed by atoms with Gasteiger partial charge in [-0.15, -0.1) is 5.10 Å². The molecule has 0 saturated heterocycles. The summed E-state index contributed by atoms with van der Waals surface area (Å²) in [6, 6.07) is 3.95. The van der Waals surface area contributed by atoms with E-state index in [1.54, 1.807) is 4.52 Å². The van der Waals surface area contributed by atoms with Gasteiger partial charge in [0.15, 0.2) is 5.65 Å². The molecule has 1 unspecified atom stereocenters. The van der Waals surface area contributed by atoms with Crippen molar-refractivity contribution in [3.63, 3.8) is 0 Å². The zero-order valence-corrected chi connectivity index (χ0v) is 11.1. The normalized spacial score (nSPS) is 13.2. The Morgan fingerprint density at radius 3 is 2.83 bits per heavy atom. The average Bonchev–Trinajstić information content (AvgIpc) is 2.71. The fourth-order valence-electron chi connectivity index (χ4n) is 2.03. The Morgan fingerprint density at radius 1 is 1.44 bits per heavy atom. The quantitative estimate of drug-likeness (QED) is 0.847. The molecule has 2 N–H and O–H groups in total. The van der Waals surface area contributed by atoms with E-state index in [1.807, 2.05) is 25.3 Å². The first-order valence-electron chi connectivity index (χ1n) is 6.29. The topological polar surface area (TPSA) is 62.5 Å². The van der Waals surface area contributed by atoms with Crippen LogP contribution >= 0.6 is 0 Å². The van der Waals surface area contributed by atoms with Gasteiger partial charge in [0, 0.05) is 6.20 Å². The second kappa shape index (κ2) is 5.35. The minimum absolute atomic E-state index is 0.00252. The molecule has 0 fully saturated rings. The maximum absolute atomic E-state index is 9.34. The molecular weight excluding hydrogens is 228 g/mol. The third-order valence-corrected chi connectivity index (χ3v) is 2.87. The lowest BCUT2D eigenvalue weighted by Crippen LogP contribution is -2.26. The minimum Gasteiger partial charge on any atom is -0.394 e. The lowest BCUT2D eigenvalue weighted by Gasteiger charge is -2.16. The Morgan fingerprint density at radius 2 is 2.22 bits per heavy atom. The number of hydrogen-bond donors (Lipinski definition) is 2. The molecule has 98 valence electrons. The van der Waals surface area contributed by atoms with E-state index in [-0.39, 0.29) is 12.6 Å². The van der Waals surface area contributed by atoms with Crippen LogP contribution in [0.2, 0.25) is 0 Å². The van der Waals surface area contributed by atoms with Gasteiger partial charge in [0.25, 0.3) is 0 Å². The Labute approximate surface area is 107 Å². The zero-order chi connectivity index (χ0) is 13.1. The van der Waals surface area contributed by atoms with Crippen LogP contribution in [0.15, 0.2) is 18.3 Å². The predicted octanol–water partition coefficient (Wildman–Crippen LogP) is 1.86. The lowest BCUT2D eigenvalue weighted by atomic mass is 10.0. The molecule has 0 aromatic carbocycles. The van der Waals surface area contributed by atoms with Crippen LogP contribution in [0.1, 0.15) is 25.8 Å². The smallest absolute Gasteiger partial charge is 0.243 e. The highest BCUT2D eigenvalue weighted by Gasteiger charge is 2.13. The summed E-state index contributed by atoms with van der Waals surface area (Å²) < 4.78 is 1.75. The zero-order valence-electron chi connectivity index (χ0n) is 11.1. The van der Waals surface area contributed by atoms with E-state index < -0.39 is 0 Å². The summed E-state index contributed by atoms with van der Waals surface area (Å²) in [5, 5.41) is 16.9. The standard InChI is InChI=1S/C13H20N4O/c1-9(2)7-11(8-18)14-13-15-12-10(3)5-4-6-17(12)16-13/h4-6,9,11,18H,7-8H2,1-3H3,(H,14,16). The van der Waals surface area contributed by atoms with Crippen molar-refractivity contribution in [2.45, 2.75) is 33.2 Å². The van der Waals surface area contributed by atoms with E-state index in [9.17, 15) is 5.11 Å². The molecule has 2 aromatic rings. The van der Waals surface area contributed by atoms with Crippen molar-refractivity contribution in [3.8, 4) is 0 Å². The summed E-state index contributed by atoms with van der Waals surface area (Å²) in [4.78, 5) is 4.44. The molecule has 0 spiro atoms. The molecule has 5 nitrogen and oxygen atoms in total. The monoisotopic (exact) mass is 248 g/mol. The Hall–Kier alpha value is -1.62. The highest BCUT2D eigenvalue weighted by molar-refractivity contribution is 5.49. The first-order chi connectivity index (χ1) is 8.60. The number of aliphatic hydroxyl groups is 1. The molecule has 0 aliphatic rings. The molecule has 0 aliphatic heterocycles. The van der Waals surface area contributed by atoms with Gasteiger partial charge in [-0.05, 0) is 30.9 Å². The van der Waals surface area contributed by atoms with Crippen molar-refractivity contribution in [1.82, 2.24) is 14.6 Å². The highest BCUT2D eigenvalue weighted by Crippen LogP contribution is 2.13. The number of nitrogens with zero attached hydrogens (tertiary/aromatic N) is 3. The highest BCUT2D eigenvalue weighted by atomic mass is 16.3. The van der Waals surface area contributed by atoms with Gasteiger partial charge in [-0.2, -0.15) is 4.98 Å². The summed E-state index contributed by atoms with van der Waals surface area (Å²) in [6.45, 7) is 6.36. The fraction of sp³-hybridized carbons (Fsp3) is 0.538. The molecule has 5 heteroatoms. The van der Waals surface area contributed by atoms with Crippen molar-refractivity contribution in [3.05, 3.63) is 23.9 Å². The molecule has 2 heterocycles. The predicted molar refractivity (Wildman–Crippen MR) is 71.7 cm³/mol. The van der Waals surface area contributed by atoms with E-state index >= 15 is 0 Å². The average molecular weight is 248 g/mol. The van der Waals surface area contributed by atoms with Crippen LogP contribution < -0.4 is 5.32 Å². The second-order valence-electron chi connectivity index (χ2n) is 5.05. The maximum atomic E-state index is 9.34. The summed E-state index contributed by atoms with van der Waals surface area (Å²) in [5.74, 6) is 1.09. The van der Waals surface area contributed by atoms with Crippen LogP contribution in [0.5, 0.6) is 0 Å². The molecule has 0 saturated carbocycles. The van der Waals surface area contributed by atoms with Crippen molar-refractivity contribution in [2.24, 2.45) is 5.92 Å². The number of aromatic nitrogens is 3. The molecule has 2 aromatic heterocycles. The number of pyridine rings is 1. The van der Waals surface area contributed by atoms with Gasteiger partial charge in [-0.25, -0.2) is 4.52 Å².